The molecule has 0 N–H and O–H groups in total. The van der Waals surface area contributed by atoms with Crippen LogP contribution in [0.25, 0.3) is 4.91 Å². The van der Waals surface area contributed by atoms with Crippen LogP contribution >= 0.6 is 11.8 Å². The van der Waals surface area contributed by atoms with Gasteiger partial charge in [-0.05, 0) is 45.0 Å². The maximum atomic E-state index is 4.36. The number of thioether (sulfide) groups is 1. The van der Waals surface area contributed by atoms with Crippen molar-refractivity contribution in [2.75, 3.05) is 25.9 Å². The highest BCUT2D eigenvalue weighted by Crippen LogP contribution is 2.35. The molecule has 1 atom stereocenters. The molecule has 3 aliphatic rings. The quantitative estimate of drug-likeness (QED) is 0.838. The molecular weight excluding hydrogens is 244 g/mol. The Kier molecular flexibility index (Phi) is 3.43. The maximum Gasteiger partial charge on any atom is 0.119 e. The van der Waals surface area contributed by atoms with Crippen LogP contribution in [0.3, 0.4) is 0 Å². The van der Waals surface area contributed by atoms with Crippen molar-refractivity contribution in [3.05, 3.63) is 18.0 Å². The van der Waals surface area contributed by atoms with Gasteiger partial charge >= 0.3 is 0 Å². The van der Waals surface area contributed by atoms with Crippen molar-refractivity contribution in [2.45, 2.75) is 25.8 Å². The zero-order valence-corrected chi connectivity index (χ0v) is 11.9. The number of nitrogens with zero attached hydrogens (tertiary/aromatic N) is 4. The Morgan fingerprint density at radius 3 is 2.78 bits per heavy atom. The van der Waals surface area contributed by atoms with Crippen molar-refractivity contribution >= 4 is 16.7 Å². The molecule has 4 rings (SSSR count). The molecular formula is C13H20N4S. The van der Waals surface area contributed by atoms with E-state index in [1.807, 2.05) is 0 Å². The smallest absolute Gasteiger partial charge is 0.119 e. The first-order valence-corrected chi connectivity index (χ1v) is 7.89. The zero-order valence-electron chi connectivity index (χ0n) is 11.0. The molecule has 3 aliphatic heterocycles. The van der Waals surface area contributed by atoms with E-state index >= 15 is 0 Å². The fourth-order valence-electron chi connectivity index (χ4n) is 3.16. The molecule has 3 fully saturated rings. The number of allylic oxidation sites excluding steroid dienone is 1. The van der Waals surface area contributed by atoms with Crippen LogP contribution in [0.5, 0.6) is 0 Å². The van der Waals surface area contributed by atoms with E-state index in [1.54, 1.807) is 11.8 Å². The molecule has 4 nitrogen and oxygen atoms in total. The van der Waals surface area contributed by atoms with Crippen LogP contribution in [0.15, 0.2) is 12.3 Å². The standard InChI is InChI=1S/C13H20N4S/c1-3-13(18-2)11-8-17(15-14-11)12-9-16-6-4-10(12)5-7-16/h3,8,10,12H,4-7,9H2,1-2H3. The van der Waals surface area contributed by atoms with E-state index in [9.17, 15) is 0 Å². The summed E-state index contributed by atoms with van der Waals surface area (Å²) in [5.74, 6) is 0.799. The zero-order chi connectivity index (χ0) is 12.5. The highest BCUT2D eigenvalue weighted by molar-refractivity contribution is 8.07. The summed E-state index contributed by atoms with van der Waals surface area (Å²) in [5, 5.41) is 8.68. The Balaban J connectivity index is 1.81. The summed E-state index contributed by atoms with van der Waals surface area (Å²) < 4.78 is 2.10. The largest absolute Gasteiger partial charge is 0.301 e. The van der Waals surface area contributed by atoms with Gasteiger partial charge in [0.15, 0.2) is 0 Å². The van der Waals surface area contributed by atoms with Gasteiger partial charge in [-0.1, -0.05) is 11.3 Å². The molecule has 18 heavy (non-hydrogen) atoms. The van der Waals surface area contributed by atoms with Gasteiger partial charge in [0.1, 0.15) is 5.69 Å². The number of fused-ring (bicyclic) bond motifs is 3. The van der Waals surface area contributed by atoms with Gasteiger partial charge in [-0.2, -0.15) is 0 Å². The van der Waals surface area contributed by atoms with Crippen LogP contribution in [0.2, 0.25) is 0 Å². The van der Waals surface area contributed by atoms with Crippen LogP contribution in [-0.4, -0.2) is 45.8 Å². The number of hydrogen-bond donors (Lipinski definition) is 0. The van der Waals surface area contributed by atoms with Crippen molar-refractivity contribution in [2.24, 2.45) is 5.92 Å². The molecule has 3 saturated heterocycles. The van der Waals surface area contributed by atoms with Crippen molar-refractivity contribution in [1.29, 1.82) is 0 Å². The minimum Gasteiger partial charge on any atom is -0.301 e. The van der Waals surface area contributed by atoms with Crippen LogP contribution in [0.4, 0.5) is 0 Å². The van der Waals surface area contributed by atoms with Crippen molar-refractivity contribution in [1.82, 2.24) is 19.9 Å². The minimum atomic E-state index is 0.536. The Morgan fingerprint density at radius 1 is 1.44 bits per heavy atom. The predicted octanol–water partition coefficient (Wildman–Crippen LogP) is 2.27. The summed E-state index contributed by atoms with van der Waals surface area (Å²) in [4.78, 5) is 3.76. The van der Waals surface area contributed by atoms with Crippen LogP contribution in [0.1, 0.15) is 31.5 Å². The van der Waals surface area contributed by atoms with Gasteiger partial charge < -0.3 is 4.90 Å². The van der Waals surface area contributed by atoms with Gasteiger partial charge in [0.05, 0.1) is 12.2 Å². The Morgan fingerprint density at radius 2 is 2.22 bits per heavy atom. The van der Waals surface area contributed by atoms with E-state index in [-0.39, 0.29) is 0 Å². The highest BCUT2D eigenvalue weighted by Gasteiger charge is 2.35. The van der Waals surface area contributed by atoms with Crippen molar-refractivity contribution in [3.63, 3.8) is 0 Å². The number of rotatable bonds is 3. The monoisotopic (exact) mass is 264 g/mol. The Bertz CT molecular complexity index is 446. The van der Waals surface area contributed by atoms with E-state index in [0.717, 1.165) is 18.2 Å². The first-order valence-electron chi connectivity index (χ1n) is 6.66. The summed E-state index contributed by atoms with van der Waals surface area (Å²) in [6.07, 6.45) is 8.95. The first-order chi connectivity index (χ1) is 8.81. The van der Waals surface area contributed by atoms with Gasteiger partial charge in [0.2, 0.25) is 0 Å². The summed E-state index contributed by atoms with van der Waals surface area (Å²) >= 11 is 1.73. The van der Waals surface area contributed by atoms with Gasteiger partial charge in [0.25, 0.3) is 0 Å². The van der Waals surface area contributed by atoms with Crippen LogP contribution < -0.4 is 0 Å². The summed E-state index contributed by atoms with van der Waals surface area (Å²) in [6, 6.07) is 0.536. The molecule has 0 spiro atoms. The molecule has 0 aliphatic carbocycles. The lowest BCUT2D eigenvalue weighted by Crippen LogP contribution is -2.48. The second kappa shape index (κ2) is 5.05. The van der Waals surface area contributed by atoms with Gasteiger partial charge in [-0.25, -0.2) is 4.68 Å². The van der Waals surface area contributed by atoms with Gasteiger partial charge in [0, 0.05) is 11.4 Å². The van der Waals surface area contributed by atoms with Crippen molar-refractivity contribution in [3.8, 4) is 0 Å². The highest BCUT2D eigenvalue weighted by atomic mass is 32.2. The number of piperidine rings is 3. The lowest BCUT2D eigenvalue weighted by atomic mass is 9.84. The molecule has 0 saturated carbocycles. The lowest BCUT2D eigenvalue weighted by molar-refractivity contribution is 0.0504. The fourth-order valence-corrected chi connectivity index (χ4v) is 3.69. The Hall–Kier alpha value is -0.810. The normalized spacial score (nSPS) is 31.9. The summed E-state index contributed by atoms with van der Waals surface area (Å²) in [5.41, 5.74) is 1.02. The Labute approximate surface area is 112 Å². The lowest BCUT2D eigenvalue weighted by Gasteiger charge is -2.44. The second-order valence-electron chi connectivity index (χ2n) is 5.15. The predicted molar refractivity (Wildman–Crippen MR) is 75.4 cm³/mol. The van der Waals surface area contributed by atoms with Crippen LogP contribution in [0, 0.1) is 5.92 Å². The molecule has 1 aromatic rings. The van der Waals surface area contributed by atoms with E-state index in [4.69, 9.17) is 0 Å². The molecule has 0 radical (unpaired) electrons. The third kappa shape index (κ3) is 2.10. The van der Waals surface area contributed by atoms with E-state index in [0.29, 0.717) is 6.04 Å². The third-order valence-corrected chi connectivity index (χ3v) is 5.09. The minimum absolute atomic E-state index is 0.536. The molecule has 2 bridgehead atoms. The molecule has 1 aromatic heterocycles. The molecule has 1 unspecified atom stereocenters. The van der Waals surface area contributed by atoms with E-state index < -0.39 is 0 Å². The van der Waals surface area contributed by atoms with Crippen molar-refractivity contribution < 1.29 is 0 Å². The average molecular weight is 264 g/mol. The fraction of sp³-hybridized carbons (Fsp3) is 0.692. The van der Waals surface area contributed by atoms with Gasteiger partial charge in [-0.15, -0.1) is 16.9 Å². The first kappa shape index (κ1) is 12.2. The molecule has 5 heteroatoms. The number of hydrogen-bond acceptors (Lipinski definition) is 4. The SMILES string of the molecule is CC=C(SC)c1cn(C2CN3CCC2CC3)nn1. The van der Waals surface area contributed by atoms with Gasteiger partial charge in [-0.3, -0.25) is 0 Å². The number of aromatic nitrogens is 3. The van der Waals surface area contributed by atoms with E-state index in [1.165, 1.54) is 30.8 Å². The third-order valence-electron chi connectivity index (χ3n) is 4.21. The molecule has 98 valence electrons. The van der Waals surface area contributed by atoms with Crippen LogP contribution in [-0.2, 0) is 0 Å². The summed E-state index contributed by atoms with van der Waals surface area (Å²) in [6.45, 7) is 5.75. The second-order valence-corrected chi connectivity index (χ2v) is 5.99. The molecule has 0 aromatic carbocycles. The molecule has 0 amide bonds. The van der Waals surface area contributed by atoms with E-state index in [2.05, 4.69) is 45.3 Å². The summed E-state index contributed by atoms with van der Waals surface area (Å²) in [7, 11) is 0. The average Bonchev–Trinajstić information content (AvgIpc) is 2.91. The topological polar surface area (TPSA) is 34.0 Å². The maximum absolute atomic E-state index is 4.36. The molecule has 4 heterocycles.